The summed E-state index contributed by atoms with van der Waals surface area (Å²) >= 11 is -1.72. The topological polar surface area (TPSA) is 251 Å². The zero-order valence-corrected chi connectivity index (χ0v) is 68.5. The van der Waals surface area contributed by atoms with Crippen molar-refractivity contribution in [1.29, 1.82) is 0 Å². The number of hydrogen-bond acceptors (Lipinski definition) is 17. The maximum atomic E-state index is 13.3. The predicted octanol–water partition coefficient (Wildman–Crippen LogP) is 16.6. The molecule has 576 valence electrons. The van der Waals surface area contributed by atoms with Gasteiger partial charge in [0.1, 0.15) is 31.8 Å². The molecular weight excluding hydrogens is 1630 g/mol. The Labute approximate surface area is 665 Å². The second-order valence-corrected chi connectivity index (χ2v) is 44.6. The summed E-state index contributed by atoms with van der Waals surface area (Å²) < 4.78 is 172. The van der Waals surface area contributed by atoms with Crippen molar-refractivity contribution in [3.8, 4) is 23.0 Å². The van der Waals surface area contributed by atoms with Gasteiger partial charge in [-0.25, -0.2) is 80.7 Å². The molecule has 0 radical (unpaired) electrons. The molecule has 10 aromatic rings. The van der Waals surface area contributed by atoms with Crippen molar-refractivity contribution < 1.29 is 69.5 Å². The number of sulfonamides is 2. The molecule has 16 rings (SSSR count). The molecule has 10 aromatic carbocycles. The average Bonchev–Trinajstić information content (AvgIpc) is 1.64. The number of fused-ring (bicyclic) bond motifs is 6. The lowest BCUT2D eigenvalue weighted by atomic mass is 10.1. The molecule has 5 heterocycles. The van der Waals surface area contributed by atoms with Gasteiger partial charge in [-0.1, -0.05) is 154 Å². The molecule has 5 aliphatic heterocycles. The number of benzene rings is 10. The van der Waals surface area contributed by atoms with Gasteiger partial charge in [-0.05, 0) is 183 Å². The number of hydrogen-bond donors (Lipinski definition) is 0. The molecule has 0 fully saturated rings. The number of sulfone groups is 2. The molecule has 6 aliphatic rings. The summed E-state index contributed by atoms with van der Waals surface area (Å²) in [5.41, 5.74) is 8.19. The summed E-state index contributed by atoms with van der Waals surface area (Å²) in [4.78, 5) is 3.17. The zero-order valence-electron chi connectivity index (χ0n) is 58.6. The summed E-state index contributed by atoms with van der Waals surface area (Å²) in [5, 5.41) is -0.578. The first-order chi connectivity index (χ1) is 51.3. The van der Waals surface area contributed by atoms with Gasteiger partial charge >= 0.3 is 11.4 Å². The van der Waals surface area contributed by atoms with Crippen molar-refractivity contribution in [1.82, 2.24) is 4.90 Å². The predicted molar refractivity (Wildman–Crippen MR) is 432 cm³/mol. The molecular formula is C78H79AlCl5N3O16S6. The van der Waals surface area contributed by atoms with Gasteiger partial charge in [0.15, 0.2) is 32.8 Å². The van der Waals surface area contributed by atoms with Crippen molar-refractivity contribution in [3.05, 3.63) is 282 Å². The van der Waals surface area contributed by atoms with Crippen LogP contribution in [0.4, 0.5) is 11.4 Å². The van der Waals surface area contributed by atoms with E-state index in [0.29, 0.717) is 83.4 Å². The summed E-state index contributed by atoms with van der Waals surface area (Å²) in [6, 6.07) is 70.6. The van der Waals surface area contributed by atoms with Gasteiger partial charge in [0.2, 0.25) is 9.84 Å². The van der Waals surface area contributed by atoms with Crippen LogP contribution in [0.25, 0.3) is 0 Å². The minimum absolute atomic E-state index is 0. The fraction of sp³-hybridized carbons (Fsp3) is 0.231. The van der Waals surface area contributed by atoms with E-state index in [0.717, 1.165) is 34.7 Å². The summed E-state index contributed by atoms with van der Waals surface area (Å²) in [6.07, 6.45) is 3.76. The van der Waals surface area contributed by atoms with Gasteiger partial charge in [-0.3, -0.25) is 13.5 Å². The zero-order chi connectivity index (χ0) is 77.8. The Morgan fingerprint density at radius 3 is 1.17 bits per heavy atom. The van der Waals surface area contributed by atoms with Crippen molar-refractivity contribution >= 4 is 132 Å². The lowest BCUT2D eigenvalue weighted by Gasteiger charge is -2.24. The molecule has 0 saturated carbocycles. The number of rotatable bonds is 10. The first-order valence-electron chi connectivity index (χ1n) is 33.7. The third kappa shape index (κ3) is 21.3. The fourth-order valence-corrected chi connectivity index (χ4v) is 21.2. The Morgan fingerprint density at radius 2 is 0.706 bits per heavy atom. The third-order valence-electron chi connectivity index (χ3n) is 17.7. The van der Waals surface area contributed by atoms with Gasteiger partial charge in [0.05, 0.1) is 45.6 Å². The molecule has 0 amide bonds. The lowest BCUT2D eigenvalue weighted by molar-refractivity contribution is 0.171. The van der Waals surface area contributed by atoms with Crippen LogP contribution in [0.5, 0.6) is 23.0 Å². The van der Waals surface area contributed by atoms with Gasteiger partial charge in [-0.15, -0.1) is 0 Å². The van der Waals surface area contributed by atoms with E-state index in [1.807, 2.05) is 86.5 Å². The van der Waals surface area contributed by atoms with Crippen molar-refractivity contribution in [3.63, 3.8) is 0 Å². The molecule has 19 nitrogen and oxygen atoms in total. The highest BCUT2D eigenvalue weighted by molar-refractivity contribution is 8.14. The van der Waals surface area contributed by atoms with Crippen LogP contribution in [-0.4, -0.2) is 112 Å². The highest BCUT2D eigenvalue weighted by Gasteiger charge is 2.40. The van der Waals surface area contributed by atoms with Crippen LogP contribution in [0.3, 0.4) is 0 Å². The van der Waals surface area contributed by atoms with Crippen LogP contribution in [0.15, 0.2) is 283 Å². The molecule has 109 heavy (non-hydrogen) atoms. The van der Waals surface area contributed by atoms with Crippen LogP contribution in [0, 0.1) is 5.92 Å². The standard InChI is InChI=1S/C23H21NO6S2.2C15H15NO2S.C10H12.C8H7ClO4S.C6H5ClO2S.CH4.Al.3ClH/c1-16-13-17-14-19(31(25,26)20-8-10-22-23(15-20)30-12-11-29-22)7-9-21(17)24(16)32(27,28)18-5-3-2-4-6-18;1-16-11-12-7-5-6-10-14(12)15(16)19(17,18)13-8-3-2-4-9-13;1-12-11-13-7-5-6-10-15(13)16(12)19(17,18)14-8-3-2-4-9-14;1-8-6-9-4-2-3-5-10(9)7-8;9-14(10,11)6-1-2-7-8(5-6)13-4-3-12-7;7-10(8,9)6-4-2-1-3-5-6;;;;;/h2-10,14-16H,11-13H2,1H3;2-10,15H,11H2,1H3;2-10,12H,11H2,1H3;2-5,8H,6-7H2,1H3;1-2,5H,3-4H2;1-5H;1H4;;3*1H/q;;;;;;;+3;;;/p-3. The van der Waals surface area contributed by atoms with E-state index in [-0.39, 0.29) is 44.0 Å². The van der Waals surface area contributed by atoms with Crippen LogP contribution >= 0.6 is 51.5 Å². The van der Waals surface area contributed by atoms with E-state index in [2.05, 4.69) is 31.2 Å². The molecule has 1 aliphatic carbocycles. The number of para-hydroxylation sites is 1. The van der Waals surface area contributed by atoms with E-state index in [1.165, 1.54) is 70.0 Å². The van der Waals surface area contributed by atoms with Crippen LogP contribution in [0.1, 0.15) is 67.0 Å². The Bertz CT molecular complexity index is 5370. The largest absolute Gasteiger partial charge is 0.643 e. The summed E-state index contributed by atoms with van der Waals surface area (Å²) in [7, 11) is 5.24. The average molecular weight is 1710 g/mol. The molecule has 0 saturated heterocycles. The molecule has 0 N–H and O–H groups in total. The smallest absolute Gasteiger partial charge is 0.486 e. The number of ether oxygens (including phenoxy) is 4. The first kappa shape index (κ1) is 85.6. The molecule has 0 aromatic heterocycles. The second kappa shape index (κ2) is 37.3. The van der Waals surface area contributed by atoms with Crippen LogP contribution in [-0.2, 0) is 90.1 Å². The Hall–Kier alpha value is -7.36. The highest BCUT2D eigenvalue weighted by Crippen LogP contribution is 2.43. The van der Waals surface area contributed by atoms with Gasteiger partial charge < -0.3 is 18.9 Å². The highest BCUT2D eigenvalue weighted by atomic mass is 35.8. The number of halogens is 5. The minimum atomic E-state index is -3.82. The molecule has 3 atom stereocenters. The first-order valence-corrected chi connectivity index (χ1v) is 49.5. The molecule has 0 spiro atoms. The Balaban J connectivity index is 0.000000156. The van der Waals surface area contributed by atoms with Crippen LogP contribution < -0.4 is 27.6 Å². The quantitative estimate of drug-likeness (QED) is 0.0911. The normalized spacial score (nSPS) is 16.6. The Morgan fingerprint density at radius 1 is 0.358 bits per heavy atom. The van der Waals surface area contributed by atoms with E-state index in [1.54, 1.807) is 126 Å². The summed E-state index contributed by atoms with van der Waals surface area (Å²) in [6.45, 7) is 8.42. The minimum Gasteiger partial charge on any atom is -0.486 e. The van der Waals surface area contributed by atoms with Crippen molar-refractivity contribution in [2.45, 2.75) is 112 Å². The Kier molecular flexibility index (Phi) is 29.3. The number of nitrogens with zero attached hydrogens (tertiary/aromatic N) is 3. The lowest BCUT2D eigenvalue weighted by Crippen LogP contribution is -2.35. The maximum Gasteiger partial charge on any atom is 0.643 e. The SMILES string of the molecule is C.CC1Cc2cc(S(=O)(=O)c3ccc4c(c3)OCCO4)ccc2N1S(=O)(=O)c1ccccc1.CC1Cc2ccccc2C1.CC1Cc2ccccc2N1S(=O)(=O)c1ccccc1.CN1Cc2ccccc2C1S(=O)(=O)c1ccccc1.O=S(=O)(Cl)c1ccc2c(c1)OCCO2.O=S(=O)(Cl)c1ccccc1.[Cl][Al]([Cl])[Cl]. The van der Waals surface area contributed by atoms with E-state index < -0.39 is 74.6 Å². The van der Waals surface area contributed by atoms with Gasteiger partial charge in [-0.2, -0.15) is 0 Å². The van der Waals surface area contributed by atoms with E-state index >= 15 is 0 Å². The van der Waals surface area contributed by atoms with Gasteiger partial charge in [0, 0.05) is 52.1 Å². The van der Waals surface area contributed by atoms with Crippen molar-refractivity contribution in [2.24, 2.45) is 5.92 Å². The second-order valence-electron chi connectivity index (χ2n) is 25.4. The van der Waals surface area contributed by atoms with E-state index in [9.17, 15) is 50.5 Å². The molecule has 3 unspecified atom stereocenters. The molecule has 31 heteroatoms. The monoisotopic (exact) mass is 1710 g/mol. The summed E-state index contributed by atoms with van der Waals surface area (Å²) in [5.74, 6) is 2.74. The van der Waals surface area contributed by atoms with Crippen molar-refractivity contribution in [2.75, 3.05) is 42.1 Å². The molecule has 0 bridgehead atoms. The number of anilines is 2. The fourth-order valence-electron chi connectivity index (χ4n) is 12.9. The van der Waals surface area contributed by atoms with E-state index in [4.69, 9.17) is 70.5 Å². The maximum absolute atomic E-state index is 13.3. The third-order valence-corrected chi connectivity index (χ3v) is 28.2. The van der Waals surface area contributed by atoms with Crippen LogP contribution in [0.2, 0.25) is 0 Å². The van der Waals surface area contributed by atoms with Gasteiger partial charge in [0.25, 0.3) is 38.1 Å².